The van der Waals surface area contributed by atoms with Gasteiger partial charge in [-0.25, -0.2) is 9.78 Å². The molecule has 6 nitrogen and oxygen atoms in total. The van der Waals surface area contributed by atoms with Crippen LogP contribution in [-0.4, -0.2) is 22.1 Å². The Morgan fingerprint density at radius 3 is 2.62 bits per heavy atom. The monoisotopic (exact) mass is 328 g/mol. The molecule has 1 unspecified atom stereocenters. The van der Waals surface area contributed by atoms with E-state index in [0.717, 1.165) is 6.42 Å². The lowest BCUT2D eigenvalue weighted by Gasteiger charge is -2.21. The van der Waals surface area contributed by atoms with E-state index < -0.39 is 6.03 Å². The van der Waals surface area contributed by atoms with E-state index >= 15 is 0 Å². The van der Waals surface area contributed by atoms with Gasteiger partial charge >= 0.3 is 6.03 Å². The van der Waals surface area contributed by atoms with Gasteiger partial charge in [-0.15, -0.1) is 0 Å². The fourth-order valence-corrected chi connectivity index (χ4v) is 2.42. The molecule has 0 saturated heterocycles. The van der Waals surface area contributed by atoms with Crippen LogP contribution in [0, 0.1) is 11.8 Å². The first-order chi connectivity index (χ1) is 11.5. The van der Waals surface area contributed by atoms with Crippen LogP contribution in [-0.2, 0) is 13.5 Å². The molecule has 1 aromatic carbocycles. The molecule has 0 saturated carbocycles. The first kappa shape index (κ1) is 17.7. The molecule has 2 aromatic rings. The summed E-state index contributed by atoms with van der Waals surface area (Å²) in [6, 6.07) is 9.80. The fraction of sp³-hybridized carbons (Fsp3) is 0.389. The van der Waals surface area contributed by atoms with Crippen LogP contribution in [0.25, 0.3) is 0 Å². The first-order valence-electron chi connectivity index (χ1n) is 8.07. The van der Waals surface area contributed by atoms with Crippen molar-refractivity contribution < 1.29 is 4.79 Å². The summed E-state index contributed by atoms with van der Waals surface area (Å²) < 4.78 is 1.37. The lowest BCUT2D eigenvalue weighted by atomic mass is 9.89. The number of hydrogen-bond acceptors (Lipinski definition) is 3. The maximum absolute atomic E-state index is 12.0. The van der Waals surface area contributed by atoms with Crippen LogP contribution in [0.15, 0.2) is 47.5 Å². The van der Waals surface area contributed by atoms with E-state index in [0.29, 0.717) is 18.4 Å². The molecule has 0 radical (unpaired) electrons. The maximum atomic E-state index is 12.0. The molecular weight excluding hydrogens is 304 g/mol. The highest BCUT2D eigenvalue weighted by Gasteiger charge is 2.16. The number of carbonyl (C=O) groups excluding carboxylic acids is 1. The van der Waals surface area contributed by atoms with E-state index in [1.54, 1.807) is 13.2 Å². The highest BCUT2D eigenvalue weighted by atomic mass is 16.2. The van der Waals surface area contributed by atoms with Crippen LogP contribution in [0.3, 0.4) is 0 Å². The zero-order valence-corrected chi connectivity index (χ0v) is 14.3. The largest absolute Gasteiger partial charge is 0.338 e. The van der Waals surface area contributed by atoms with Crippen molar-refractivity contribution in [3.8, 4) is 0 Å². The standard InChI is InChI=1S/C18H24N4O2/c1-13(2)15(11-14-7-5-4-6-8-14)12-20-18(24)21-16-17(23)22(3)10-9-19-16/h4-10,13,15H,11-12H2,1-3H3,(H2,19,20,21,24). The topological polar surface area (TPSA) is 76.0 Å². The molecule has 0 spiro atoms. The van der Waals surface area contributed by atoms with Crippen LogP contribution < -0.4 is 16.2 Å². The maximum Gasteiger partial charge on any atom is 0.320 e. The number of aromatic nitrogens is 2. The van der Waals surface area contributed by atoms with Gasteiger partial charge in [-0.1, -0.05) is 44.2 Å². The summed E-state index contributed by atoms with van der Waals surface area (Å²) in [5.74, 6) is 0.764. The summed E-state index contributed by atoms with van der Waals surface area (Å²) in [6.07, 6.45) is 3.91. The third-order valence-corrected chi connectivity index (χ3v) is 4.06. The minimum Gasteiger partial charge on any atom is -0.338 e. The summed E-state index contributed by atoms with van der Waals surface area (Å²) >= 11 is 0. The average molecular weight is 328 g/mol. The van der Waals surface area contributed by atoms with Gasteiger partial charge in [0.1, 0.15) is 0 Å². The number of hydrogen-bond donors (Lipinski definition) is 2. The Morgan fingerprint density at radius 1 is 1.25 bits per heavy atom. The zero-order valence-electron chi connectivity index (χ0n) is 14.3. The molecule has 0 aliphatic carbocycles. The Morgan fingerprint density at radius 2 is 1.96 bits per heavy atom. The summed E-state index contributed by atoms with van der Waals surface area (Å²) in [5, 5.41) is 5.36. The van der Waals surface area contributed by atoms with Crippen LogP contribution >= 0.6 is 0 Å². The summed E-state index contributed by atoms with van der Waals surface area (Å²) in [5.41, 5.74) is 0.911. The van der Waals surface area contributed by atoms with Gasteiger partial charge in [0.15, 0.2) is 0 Å². The molecule has 1 atom stereocenters. The van der Waals surface area contributed by atoms with Gasteiger partial charge in [-0.3, -0.25) is 10.1 Å². The Labute approximate surface area is 141 Å². The molecule has 6 heteroatoms. The van der Waals surface area contributed by atoms with Gasteiger partial charge in [0.05, 0.1) is 0 Å². The second-order valence-corrected chi connectivity index (χ2v) is 6.22. The molecular formula is C18H24N4O2. The quantitative estimate of drug-likeness (QED) is 0.855. The predicted octanol–water partition coefficient (Wildman–Crippen LogP) is 2.42. The number of nitrogens with zero attached hydrogens (tertiary/aromatic N) is 2. The van der Waals surface area contributed by atoms with E-state index in [1.807, 2.05) is 18.2 Å². The van der Waals surface area contributed by atoms with Crippen molar-refractivity contribution in [2.75, 3.05) is 11.9 Å². The molecule has 24 heavy (non-hydrogen) atoms. The van der Waals surface area contributed by atoms with Gasteiger partial charge in [0, 0.05) is 26.0 Å². The van der Waals surface area contributed by atoms with Crippen molar-refractivity contribution in [3.63, 3.8) is 0 Å². The van der Waals surface area contributed by atoms with Gasteiger partial charge < -0.3 is 9.88 Å². The van der Waals surface area contributed by atoms with E-state index in [2.05, 4.69) is 41.6 Å². The number of benzene rings is 1. The molecule has 2 N–H and O–H groups in total. The lowest BCUT2D eigenvalue weighted by Crippen LogP contribution is -2.37. The third-order valence-electron chi connectivity index (χ3n) is 4.06. The molecule has 2 amide bonds. The summed E-state index contributed by atoms with van der Waals surface area (Å²) in [6.45, 7) is 4.81. The van der Waals surface area contributed by atoms with Crippen LogP contribution in [0.2, 0.25) is 0 Å². The predicted molar refractivity (Wildman–Crippen MR) is 95.0 cm³/mol. The number of carbonyl (C=O) groups is 1. The minimum atomic E-state index is -0.412. The number of nitrogens with one attached hydrogen (secondary N) is 2. The zero-order chi connectivity index (χ0) is 17.5. The number of amides is 2. The minimum absolute atomic E-state index is 0.0293. The lowest BCUT2D eigenvalue weighted by molar-refractivity contribution is 0.247. The smallest absolute Gasteiger partial charge is 0.320 e. The molecule has 128 valence electrons. The number of urea groups is 1. The summed E-state index contributed by atoms with van der Waals surface area (Å²) in [4.78, 5) is 27.8. The Bertz CT molecular complexity index is 725. The van der Waals surface area contributed by atoms with Crippen molar-refractivity contribution in [3.05, 3.63) is 58.6 Å². The highest BCUT2D eigenvalue weighted by molar-refractivity contribution is 5.87. The molecule has 0 aliphatic rings. The molecule has 1 aromatic heterocycles. The number of aryl methyl sites for hydroxylation is 1. The second kappa shape index (κ2) is 8.29. The van der Waals surface area contributed by atoms with Crippen molar-refractivity contribution in [2.24, 2.45) is 18.9 Å². The number of anilines is 1. The average Bonchev–Trinajstić information content (AvgIpc) is 2.56. The van der Waals surface area contributed by atoms with Gasteiger partial charge in [0.25, 0.3) is 5.56 Å². The molecule has 0 aliphatic heterocycles. The van der Waals surface area contributed by atoms with Crippen LogP contribution in [0.1, 0.15) is 19.4 Å². The van der Waals surface area contributed by atoms with Gasteiger partial charge in [0.2, 0.25) is 5.82 Å². The van der Waals surface area contributed by atoms with Crippen LogP contribution in [0.5, 0.6) is 0 Å². The third kappa shape index (κ3) is 4.94. The molecule has 0 bridgehead atoms. The van der Waals surface area contributed by atoms with Crippen molar-refractivity contribution >= 4 is 11.8 Å². The Hall–Kier alpha value is -2.63. The van der Waals surface area contributed by atoms with Gasteiger partial charge in [-0.2, -0.15) is 0 Å². The van der Waals surface area contributed by atoms with Gasteiger partial charge in [-0.05, 0) is 23.8 Å². The Kier molecular flexibility index (Phi) is 6.12. The molecule has 0 fully saturated rings. The van der Waals surface area contributed by atoms with E-state index in [-0.39, 0.29) is 11.4 Å². The van der Waals surface area contributed by atoms with E-state index in [4.69, 9.17) is 0 Å². The molecule has 2 rings (SSSR count). The van der Waals surface area contributed by atoms with Crippen molar-refractivity contribution in [2.45, 2.75) is 20.3 Å². The normalized spacial score (nSPS) is 12.0. The highest BCUT2D eigenvalue weighted by Crippen LogP contribution is 2.16. The molecule has 1 heterocycles. The van der Waals surface area contributed by atoms with Crippen molar-refractivity contribution in [1.82, 2.24) is 14.9 Å². The van der Waals surface area contributed by atoms with E-state index in [1.165, 1.54) is 16.3 Å². The Balaban J connectivity index is 1.93. The SMILES string of the molecule is CC(C)C(CNC(=O)Nc1nccn(C)c1=O)Cc1ccccc1. The summed E-state index contributed by atoms with van der Waals surface area (Å²) in [7, 11) is 1.61. The second-order valence-electron chi connectivity index (χ2n) is 6.22. The van der Waals surface area contributed by atoms with Crippen LogP contribution in [0.4, 0.5) is 10.6 Å². The number of rotatable bonds is 6. The van der Waals surface area contributed by atoms with Crippen molar-refractivity contribution in [1.29, 1.82) is 0 Å². The first-order valence-corrected chi connectivity index (χ1v) is 8.07. The van der Waals surface area contributed by atoms with E-state index in [9.17, 15) is 9.59 Å². The fourth-order valence-electron chi connectivity index (χ4n) is 2.42.